The van der Waals surface area contributed by atoms with Crippen LogP contribution in [0.25, 0.3) is 0 Å². The molecule has 0 saturated carbocycles. The molecule has 2 fully saturated rings. The van der Waals surface area contributed by atoms with Crippen LogP contribution in [-0.4, -0.2) is 94.1 Å². The van der Waals surface area contributed by atoms with Gasteiger partial charge in [-0.2, -0.15) is 0 Å². The molecule has 8 heteroatoms. The highest BCUT2D eigenvalue weighted by Crippen LogP contribution is 2.54. The molecule has 1 N–H and O–H groups in total. The SMILES string of the molecule is CN1CC=C[C@@H]2O[C@]34C=CCN(C(C)(C)CC(C)(C)C)C(=O)C3N(CCCCCO)C(=O)[C@@H]4[C@@H]2C1=O. The molecular weight excluding hydrogens is 458 g/mol. The molecule has 200 valence electrons. The molecule has 0 aromatic carbocycles. The van der Waals surface area contributed by atoms with Gasteiger partial charge in [-0.15, -0.1) is 0 Å². The molecule has 4 rings (SSSR count). The number of ether oxygens (including phenoxy) is 1. The summed E-state index contributed by atoms with van der Waals surface area (Å²) in [7, 11) is 1.74. The summed E-state index contributed by atoms with van der Waals surface area (Å²) in [6, 6.07) is -0.819. The minimum absolute atomic E-state index is 0.00828. The first-order valence-corrected chi connectivity index (χ1v) is 13.3. The fourth-order valence-corrected chi connectivity index (χ4v) is 7.01. The lowest BCUT2D eigenvalue weighted by atomic mass is 9.77. The van der Waals surface area contributed by atoms with Gasteiger partial charge in [0.25, 0.3) is 0 Å². The predicted molar refractivity (Wildman–Crippen MR) is 137 cm³/mol. The van der Waals surface area contributed by atoms with Crippen LogP contribution in [0.3, 0.4) is 0 Å². The highest BCUT2D eigenvalue weighted by Gasteiger charge is 2.72. The normalized spacial score (nSPS) is 32.5. The third-order valence-corrected chi connectivity index (χ3v) is 8.11. The zero-order chi connectivity index (χ0) is 26.5. The summed E-state index contributed by atoms with van der Waals surface area (Å²) in [5.41, 5.74) is -1.60. The number of unbranched alkanes of at least 4 members (excludes halogenated alkanes) is 2. The molecular formula is C28H43N3O5. The van der Waals surface area contributed by atoms with Gasteiger partial charge in [0.15, 0.2) is 0 Å². The predicted octanol–water partition coefficient (Wildman–Crippen LogP) is 2.37. The van der Waals surface area contributed by atoms with E-state index in [-0.39, 0.29) is 29.7 Å². The zero-order valence-corrected chi connectivity index (χ0v) is 22.7. The van der Waals surface area contributed by atoms with E-state index in [1.54, 1.807) is 16.8 Å². The maximum Gasteiger partial charge on any atom is 0.249 e. The van der Waals surface area contributed by atoms with Crippen LogP contribution in [0.1, 0.15) is 60.3 Å². The van der Waals surface area contributed by atoms with Crippen LogP contribution in [0.2, 0.25) is 0 Å². The molecule has 1 unspecified atom stereocenters. The van der Waals surface area contributed by atoms with Crippen LogP contribution in [-0.2, 0) is 19.1 Å². The first kappa shape index (κ1) is 26.9. The van der Waals surface area contributed by atoms with Crippen molar-refractivity contribution in [3.8, 4) is 0 Å². The summed E-state index contributed by atoms with van der Waals surface area (Å²) in [4.78, 5) is 47.1. The molecule has 0 bridgehead atoms. The Balaban J connectivity index is 1.76. The number of amides is 3. The van der Waals surface area contributed by atoms with Crippen molar-refractivity contribution in [3.63, 3.8) is 0 Å². The number of nitrogens with zero attached hydrogens (tertiary/aromatic N) is 3. The molecule has 1 spiro atoms. The Morgan fingerprint density at radius 2 is 1.72 bits per heavy atom. The van der Waals surface area contributed by atoms with Gasteiger partial charge < -0.3 is 24.5 Å². The lowest BCUT2D eigenvalue weighted by Crippen LogP contribution is -2.59. The molecule has 2 saturated heterocycles. The van der Waals surface area contributed by atoms with Gasteiger partial charge in [-0.05, 0) is 44.9 Å². The minimum atomic E-state index is -1.18. The number of likely N-dealkylation sites (N-methyl/N-ethyl adjacent to an activating group) is 1. The highest BCUT2D eigenvalue weighted by molar-refractivity contribution is 6.00. The third-order valence-electron chi connectivity index (χ3n) is 8.11. The van der Waals surface area contributed by atoms with Crippen molar-refractivity contribution < 1.29 is 24.2 Å². The average Bonchev–Trinajstić information content (AvgIpc) is 3.08. The maximum atomic E-state index is 14.4. The molecule has 0 aliphatic carbocycles. The molecule has 4 heterocycles. The number of rotatable bonds is 7. The number of carbonyl (C=O) groups excluding carboxylic acids is 3. The first-order chi connectivity index (χ1) is 16.8. The number of likely N-dealkylation sites (tertiary alicyclic amines) is 1. The van der Waals surface area contributed by atoms with Crippen molar-refractivity contribution >= 4 is 17.7 Å². The highest BCUT2D eigenvalue weighted by atomic mass is 16.5. The van der Waals surface area contributed by atoms with Crippen molar-refractivity contribution in [1.82, 2.24) is 14.7 Å². The van der Waals surface area contributed by atoms with Crippen LogP contribution >= 0.6 is 0 Å². The number of hydrogen-bond acceptors (Lipinski definition) is 5. The molecule has 3 amide bonds. The van der Waals surface area contributed by atoms with Gasteiger partial charge in [0.05, 0.1) is 17.9 Å². The van der Waals surface area contributed by atoms with E-state index in [1.165, 1.54) is 0 Å². The molecule has 4 aliphatic rings. The molecule has 0 aromatic heterocycles. The van der Waals surface area contributed by atoms with Crippen LogP contribution in [0, 0.1) is 17.3 Å². The molecule has 8 nitrogen and oxygen atoms in total. The van der Waals surface area contributed by atoms with Crippen LogP contribution in [0.5, 0.6) is 0 Å². The number of fused-ring (bicyclic) bond motifs is 2. The summed E-state index contributed by atoms with van der Waals surface area (Å²) in [6.07, 6.45) is 10.0. The Kier molecular flexibility index (Phi) is 7.16. The summed E-state index contributed by atoms with van der Waals surface area (Å²) in [5, 5.41) is 9.22. The smallest absolute Gasteiger partial charge is 0.249 e. The van der Waals surface area contributed by atoms with Gasteiger partial charge in [-0.3, -0.25) is 14.4 Å². The number of carbonyl (C=O) groups is 3. The van der Waals surface area contributed by atoms with Crippen LogP contribution < -0.4 is 0 Å². The number of aliphatic hydroxyl groups excluding tert-OH is 1. The monoisotopic (exact) mass is 501 g/mol. The fourth-order valence-electron chi connectivity index (χ4n) is 7.01. The molecule has 36 heavy (non-hydrogen) atoms. The Bertz CT molecular complexity index is 951. The Morgan fingerprint density at radius 1 is 1.00 bits per heavy atom. The summed E-state index contributed by atoms with van der Waals surface area (Å²) < 4.78 is 6.65. The number of aliphatic hydroxyl groups is 1. The lowest BCUT2D eigenvalue weighted by molar-refractivity contribution is -0.152. The van der Waals surface area contributed by atoms with Gasteiger partial charge in [0.2, 0.25) is 17.7 Å². The van der Waals surface area contributed by atoms with Crippen molar-refractivity contribution in [1.29, 1.82) is 0 Å². The molecule has 0 aromatic rings. The van der Waals surface area contributed by atoms with Crippen LogP contribution in [0.15, 0.2) is 24.3 Å². The lowest BCUT2D eigenvalue weighted by Gasteiger charge is -2.44. The topological polar surface area (TPSA) is 90.4 Å². The van der Waals surface area contributed by atoms with Crippen molar-refractivity contribution in [2.24, 2.45) is 17.3 Å². The van der Waals surface area contributed by atoms with Gasteiger partial charge in [0.1, 0.15) is 11.6 Å². The summed E-state index contributed by atoms with van der Waals surface area (Å²) >= 11 is 0. The average molecular weight is 502 g/mol. The molecule has 4 aliphatic heterocycles. The number of hydrogen-bond donors (Lipinski definition) is 1. The van der Waals surface area contributed by atoms with E-state index in [9.17, 15) is 19.5 Å². The Labute approximate surface area is 215 Å². The van der Waals surface area contributed by atoms with E-state index in [2.05, 4.69) is 34.6 Å². The van der Waals surface area contributed by atoms with E-state index in [0.29, 0.717) is 32.5 Å². The van der Waals surface area contributed by atoms with Crippen molar-refractivity contribution in [2.45, 2.75) is 83.6 Å². The largest absolute Gasteiger partial charge is 0.396 e. The second-order valence-electron chi connectivity index (χ2n) is 12.7. The Hall–Kier alpha value is -2.19. The van der Waals surface area contributed by atoms with E-state index < -0.39 is 35.1 Å². The standard InChI is InChI=1S/C28H43N3O5/c1-26(2,3)18-27(4,5)31-16-11-13-28-21(20-19(36-28)12-10-14-29(6)23(20)33)24(34)30(22(28)25(31)35)15-8-7-9-17-32/h10-13,19-22,32H,7-9,14-18H2,1-6H3/t19-,20+,21-,22?,28-/m0/s1. The zero-order valence-electron chi connectivity index (χ0n) is 22.7. The fraction of sp³-hybridized carbons (Fsp3) is 0.750. The van der Waals surface area contributed by atoms with Gasteiger partial charge >= 0.3 is 0 Å². The van der Waals surface area contributed by atoms with Crippen LogP contribution in [0.4, 0.5) is 0 Å². The van der Waals surface area contributed by atoms with Gasteiger partial charge in [0, 0.05) is 38.8 Å². The summed E-state index contributed by atoms with van der Waals surface area (Å²) in [6.45, 7) is 12.1. The second-order valence-corrected chi connectivity index (χ2v) is 12.7. The second kappa shape index (κ2) is 9.60. The molecule has 0 radical (unpaired) electrons. The van der Waals surface area contributed by atoms with E-state index >= 15 is 0 Å². The van der Waals surface area contributed by atoms with Gasteiger partial charge in [-0.25, -0.2) is 0 Å². The summed E-state index contributed by atoms with van der Waals surface area (Å²) in [5.74, 6) is -1.81. The van der Waals surface area contributed by atoms with Gasteiger partial charge in [-0.1, -0.05) is 45.1 Å². The maximum absolute atomic E-state index is 14.4. The molecule has 5 atom stereocenters. The van der Waals surface area contributed by atoms with Crippen molar-refractivity contribution in [3.05, 3.63) is 24.3 Å². The minimum Gasteiger partial charge on any atom is -0.396 e. The van der Waals surface area contributed by atoms with Crippen molar-refractivity contribution in [2.75, 3.05) is 33.3 Å². The van der Waals surface area contributed by atoms with E-state index in [1.807, 2.05) is 29.2 Å². The van der Waals surface area contributed by atoms with E-state index in [0.717, 1.165) is 12.8 Å². The Morgan fingerprint density at radius 3 is 2.39 bits per heavy atom. The van der Waals surface area contributed by atoms with E-state index in [4.69, 9.17) is 4.74 Å². The third kappa shape index (κ3) is 4.51. The first-order valence-electron chi connectivity index (χ1n) is 13.3. The quantitative estimate of drug-likeness (QED) is 0.427.